The minimum Gasteiger partial charge on any atom is -0.479 e. The smallest absolute Gasteiger partial charge is 0.174 e. The Morgan fingerprint density at radius 1 is 1.24 bits per heavy atom. The van der Waals surface area contributed by atoms with Gasteiger partial charge >= 0.3 is 0 Å². The molecule has 0 fully saturated rings. The molecule has 4 heteroatoms. The molecule has 0 spiro atoms. The SMILES string of the molecule is Cc1c(Br)cccc1NC(C)c1ccc(OCC#N)cc1. The second-order valence-electron chi connectivity index (χ2n) is 4.79. The molecule has 108 valence electrons. The fourth-order valence-corrected chi connectivity index (χ4v) is 2.41. The second kappa shape index (κ2) is 7.14. The van der Waals surface area contributed by atoms with Crippen molar-refractivity contribution in [3.63, 3.8) is 0 Å². The molecule has 1 N–H and O–H groups in total. The minimum atomic E-state index is 0.0738. The third-order valence-electron chi connectivity index (χ3n) is 3.32. The molecule has 0 saturated carbocycles. The number of nitrogens with zero attached hydrogens (tertiary/aromatic N) is 1. The lowest BCUT2D eigenvalue weighted by molar-refractivity contribution is 0.368. The molecule has 1 unspecified atom stereocenters. The van der Waals surface area contributed by atoms with Gasteiger partial charge in [-0.05, 0) is 49.2 Å². The van der Waals surface area contributed by atoms with E-state index in [1.807, 2.05) is 42.5 Å². The highest BCUT2D eigenvalue weighted by Gasteiger charge is 2.08. The Kier molecular flexibility index (Phi) is 5.24. The molecule has 21 heavy (non-hydrogen) atoms. The number of hydrogen-bond acceptors (Lipinski definition) is 3. The molecule has 0 amide bonds. The predicted molar refractivity (Wildman–Crippen MR) is 88.5 cm³/mol. The van der Waals surface area contributed by atoms with Crippen LogP contribution in [0.2, 0.25) is 0 Å². The summed E-state index contributed by atoms with van der Waals surface area (Å²) in [7, 11) is 0. The first kappa shape index (κ1) is 15.4. The van der Waals surface area contributed by atoms with E-state index < -0.39 is 0 Å². The Labute approximate surface area is 133 Å². The van der Waals surface area contributed by atoms with Crippen molar-refractivity contribution >= 4 is 21.6 Å². The maximum absolute atomic E-state index is 8.49. The third-order valence-corrected chi connectivity index (χ3v) is 4.18. The van der Waals surface area contributed by atoms with Crippen molar-refractivity contribution in [2.24, 2.45) is 0 Å². The van der Waals surface area contributed by atoms with Crippen molar-refractivity contribution in [2.75, 3.05) is 11.9 Å². The molecule has 1 atom stereocenters. The first-order valence-corrected chi connectivity index (χ1v) is 7.52. The van der Waals surface area contributed by atoms with E-state index in [9.17, 15) is 0 Å². The third kappa shape index (κ3) is 3.99. The minimum absolute atomic E-state index is 0.0738. The summed E-state index contributed by atoms with van der Waals surface area (Å²) in [6.45, 7) is 4.27. The van der Waals surface area contributed by atoms with Crippen LogP contribution in [0.25, 0.3) is 0 Å². The molecule has 0 aliphatic heterocycles. The van der Waals surface area contributed by atoms with Gasteiger partial charge in [-0.15, -0.1) is 0 Å². The average Bonchev–Trinajstić information content (AvgIpc) is 2.50. The van der Waals surface area contributed by atoms with Crippen molar-refractivity contribution < 1.29 is 4.74 Å². The number of anilines is 1. The zero-order valence-corrected chi connectivity index (χ0v) is 13.6. The van der Waals surface area contributed by atoms with Crippen LogP contribution >= 0.6 is 15.9 Å². The zero-order chi connectivity index (χ0) is 15.2. The molecule has 2 aromatic rings. The van der Waals surface area contributed by atoms with Gasteiger partial charge in [-0.2, -0.15) is 5.26 Å². The van der Waals surface area contributed by atoms with Crippen molar-refractivity contribution in [2.45, 2.75) is 19.9 Å². The van der Waals surface area contributed by atoms with Gasteiger partial charge in [-0.1, -0.05) is 34.1 Å². The van der Waals surface area contributed by atoms with Crippen molar-refractivity contribution in [3.8, 4) is 11.8 Å². The molecular weight excluding hydrogens is 328 g/mol. The normalized spacial score (nSPS) is 11.5. The van der Waals surface area contributed by atoms with Gasteiger partial charge in [0, 0.05) is 16.2 Å². The second-order valence-corrected chi connectivity index (χ2v) is 5.65. The monoisotopic (exact) mass is 344 g/mol. The number of rotatable bonds is 5. The van der Waals surface area contributed by atoms with Crippen LogP contribution in [0.4, 0.5) is 5.69 Å². The predicted octanol–water partition coefficient (Wildman–Crippen LogP) is 4.83. The summed E-state index contributed by atoms with van der Waals surface area (Å²) < 4.78 is 6.35. The van der Waals surface area contributed by atoms with E-state index in [0.717, 1.165) is 10.2 Å². The fourth-order valence-electron chi connectivity index (χ4n) is 2.05. The lowest BCUT2D eigenvalue weighted by Crippen LogP contribution is -2.07. The van der Waals surface area contributed by atoms with E-state index in [-0.39, 0.29) is 12.6 Å². The number of halogens is 1. The first-order chi connectivity index (χ1) is 10.1. The number of nitrogens with one attached hydrogen (secondary N) is 1. The summed E-state index contributed by atoms with van der Waals surface area (Å²) in [5.74, 6) is 0.714. The van der Waals surface area contributed by atoms with Crippen LogP contribution in [-0.2, 0) is 0 Å². The van der Waals surface area contributed by atoms with Crippen molar-refractivity contribution in [1.82, 2.24) is 0 Å². The molecule has 2 rings (SSSR count). The zero-order valence-electron chi connectivity index (χ0n) is 12.1. The summed E-state index contributed by atoms with van der Waals surface area (Å²) in [5.41, 5.74) is 3.47. The summed E-state index contributed by atoms with van der Waals surface area (Å²) in [5, 5.41) is 12.0. The van der Waals surface area contributed by atoms with E-state index in [4.69, 9.17) is 10.00 Å². The van der Waals surface area contributed by atoms with Crippen LogP contribution in [0.1, 0.15) is 24.1 Å². The number of benzene rings is 2. The van der Waals surface area contributed by atoms with Crippen LogP contribution in [0.3, 0.4) is 0 Å². The fraction of sp³-hybridized carbons (Fsp3) is 0.235. The Morgan fingerprint density at radius 2 is 1.95 bits per heavy atom. The van der Waals surface area contributed by atoms with Gasteiger partial charge in [0.2, 0.25) is 0 Å². The van der Waals surface area contributed by atoms with Crippen molar-refractivity contribution in [3.05, 3.63) is 58.1 Å². The van der Waals surface area contributed by atoms with Gasteiger partial charge in [0.15, 0.2) is 6.61 Å². The summed E-state index contributed by atoms with van der Waals surface area (Å²) in [6, 6.07) is 16.1. The molecule has 2 aromatic carbocycles. The molecule has 0 heterocycles. The molecule has 0 radical (unpaired) electrons. The molecule has 0 aliphatic rings. The summed E-state index contributed by atoms with van der Waals surface area (Å²) in [4.78, 5) is 0. The molecule has 0 aromatic heterocycles. The Balaban J connectivity index is 2.08. The van der Waals surface area contributed by atoms with Crippen LogP contribution in [0, 0.1) is 18.3 Å². The Morgan fingerprint density at radius 3 is 2.62 bits per heavy atom. The maximum Gasteiger partial charge on any atom is 0.174 e. The topological polar surface area (TPSA) is 45.0 Å². The van der Waals surface area contributed by atoms with Gasteiger partial charge in [-0.25, -0.2) is 0 Å². The van der Waals surface area contributed by atoms with Gasteiger partial charge in [0.05, 0.1) is 0 Å². The first-order valence-electron chi connectivity index (χ1n) is 6.73. The Bertz CT molecular complexity index is 647. The van der Waals surface area contributed by atoms with Gasteiger partial charge in [-0.3, -0.25) is 0 Å². The van der Waals surface area contributed by atoms with E-state index in [2.05, 4.69) is 41.2 Å². The summed E-state index contributed by atoms with van der Waals surface area (Å²) >= 11 is 3.54. The molecule has 0 saturated heterocycles. The number of ether oxygens (including phenoxy) is 1. The number of hydrogen-bond donors (Lipinski definition) is 1. The van der Waals surface area contributed by atoms with Crippen molar-refractivity contribution in [1.29, 1.82) is 5.26 Å². The molecule has 0 bridgehead atoms. The van der Waals surface area contributed by atoms with Gasteiger partial charge in [0.1, 0.15) is 11.8 Å². The van der Waals surface area contributed by atoms with Gasteiger partial charge in [0.25, 0.3) is 0 Å². The lowest BCUT2D eigenvalue weighted by Gasteiger charge is -2.18. The summed E-state index contributed by atoms with van der Waals surface area (Å²) in [6.07, 6.45) is 0. The highest BCUT2D eigenvalue weighted by molar-refractivity contribution is 9.10. The molecule has 3 nitrogen and oxygen atoms in total. The lowest BCUT2D eigenvalue weighted by atomic mass is 10.1. The van der Waals surface area contributed by atoms with Crippen LogP contribution in [-0.4, -0.2) is 6.61 Å². The quantitative estimate of drug-likeness (QED) is 0.844. The van der Waals surface area contributed by atoms with Gasteiger partial charge < -0.3 is 10.1 Å². The van der Waals surface area contributed by atoms with E-state index in [1.165, 1.54) is 11.1 Å². The maximum atomic E-state index is 8.49. The van der Waals surface area contributed by atoms with Crippen LogP contribution in [0.15, 0.2) is 46.9 Å². The molecular formula is C17H17BrN2O. The van der Waals surface area contributed by atoms with Crippen LogP contribution in [0.5, 0.6) is 5.75 Å². The Hall–Kier alpha value is -1.99. The highest BCUT2D eigenvalue weighted by Crippen LogP contribution is 2.27. The average molecular weight is 345 g/mol. The largest absolute Gasteiger partial charge is 0.479 e. The standard InChI is InChI=1S/C17H17BrN2O/c1-12-16(18)4-3-5-17(12)20-13(2)14-6-8-15(9-7-14)21-11-10-19/h3-9,13,20H,11H2,1-2H3. The number of nitriles is 1. The molecule has 0 aliphatic carbocycles. The van der Waals surface area contributed by atoms with E-state index >= 15 is 0 Å². The van der Waals surface area contributed by atoms with Crippen LogP contribution < -0.4 is 10.1 Å². The van der Waals surface area contributed by atoms with E-state index in [1.54, 1.807) is 0 Å². The van der Waals surface area contributed by atoms with E-state index in [0.29, 0.717) is 5.75 Å². The highest BCUT2D eigenvalue weighted by atomic mass is 79.9.